The van der Waals surface area contributed by atoms with Crippen molar-refractivity contribution in [3.05, 3.63) is 29.3 Å². The molecule has 0 aromatic heterocycles. The molecule has 1 rings (SSSR count). The highest BCUT2D eigenvalue weighted by atomic mass is 19.2. The zero-order valence-corrected chi connectivity index (χ0v) is 10.5. The van der Waals surface area contributed by atoms with Crippen molar-refractivity contribution in [2.24, 2.45) is 5.73 Å². The van der Waals surface area contributed by atoms with E-state index >= 15 is 0 Å². The average molecular weight is 257 g/mol. The highest BCUT2D eigenvalue weighted by Gasteiger charge is 2.16. The summed E-state index contributed by atoms with van der Waals surface area (Å²) in [6, 6.07) is 2.84. The predicted octanol–water partition coefficient (Wildman–Crippen LogP) is 0.996. The fourth-order valence-electron chi connectivity index (χ4n) is 1.59. The number of hydrogen-bond donors (Lipinski definition) is 2. The van der Waals surface area contributed by atoms with E-state index in [1.165, 1.54) is 24.1 Å². The van der Waals surface area contributed by atoms with Crippen LogP contribution >= 0.6 is 0 Å². The van der Waals surface area contributed by atoms with Crippen molar-refractivity contribution in [1.82, 2.24) is 5.32 Å². The molecule has 0 radical (unpaired) electrons. The maximum Gasteiger partial charge on any atom is 0.239 e. The van der Waals surface area contributed by atoms with Gasteiger partial charge in [-0.15, -0.1) is 0 Å². The van der Waals surface area contributed by atoms with Gasteiger partial charge in [-0.1, -0.05) is 6.07 Å². The molecule has 0 aliphatic rings. The van der Waals surface area contributed by atoms with Gasteiger partial charge in [0, 0.05) is 25.7 Å². The summed E-state index contributed by atoms with van der Waals surface area (Å²) in [4.78, 5) is 12.7. The van der Waals surface area contributed by atoms with Crippen LogP contribution in [0.3, 0.4) is 0 Å². The molecule has 1 amide bonds. The fraction of sp³-hybridized carbons (Fsp3) is 0.417. The molecule has 4 nitrogen and oxygen atoms in total. The third-order valence-electron chi connectivity index (χ3n) is 2.53. The maximum atomic E-state index is 13.7. The second kappa shape index (κ2) is 6.30. The van der Waals surface area contributed by atoms with E-state index in [9.17, 15) is 13.6 Å². The number of nitrogens with two attached hydrogens (primary N) is 1. The number of nitrogens with zero attached hydrogens (tertiary/aromatic N) is 1. The standard InChI is InChI=1S/C12H17F2N3O/c1-3-16-10(18)7-17(2)9-5-4-8(6-15)11(13)12(9)14/h4-5H,3,6-7,15H2,1-2H3,(H,16,18). The third kappa shape index (κ3) is 3.16. The highest BCUT2D eigenvalue weighted by Crippen LogP contribution is 2.23. The summed E-state index contributed by atoms with van der Waals surface area (Å²) in [5, 5.41) is 2.59. The Labute approximate surface area is 105 Å². The maximum absolute atomic E-state index is 13.7. The summed E-state index contributed by atoms with van der Waals surface area (Å²) in [5.41, 5.74) is 5.43. The average Bonchev–Trinajstić information content (AvgIpc) is 2.32. The number of halogens is 2. The SMILES string of the molecule is CCNC(=O)CN(C)c1ccc(CN)c(F)c1F. The molecule has 0 bridgehead atoms. The Morgan fingerprint density at radius 1 is 1.39 bits per heavy atom. The van der Waals surface area contributed by atoms with Gasteiger partial charge in [-0.3, -0.25) is 4.79 Å². The predicted molar refractivity (Wildman–Crippen MR) is 66.2 cm³/mol. The Balaban J connectivity index is 2.90. The first-order chi connectivity index (χ1) is 8.51. The van der Waals surface area contributed by atoms with Gasteiger partial charge in [0.25, 0.3) is 0 Å². The molecule has 1 aromatic rings. The number of hydrogen-bond acceptors (Lipinski definition) is 3. The smallest absolute Gasteiger partial charge is 0.239 e. The first-order valence-electron chi connectivity index (χ1n) is 5.66. The molecule has 0 spiro atoms. The summed E-state index contributed by atoms with van der Waals surface area (Å²) >= 11 is 0. The van der Waals surface area contributed by atoms with Crippen molar-refractivity contribution in [3.63, 3.8) is 0 Å². The van der Waals surface area contributed by atoms with Crippen molar-refractivity contribution in [1.29, 1.82) is 0 Å². The number of nitrogens with one attached hydrogen (secondary N) is 1. The molecule has 3 N–H and O–H groups in total. The molecule has 0 unspecified atom stereocenters. The van der Waals surface area contributed by atoms with E-state index < -0.39 is 11.6 Å². The van der Waals surface area contributed by atoms with Crippen LogP contribution in [0.1, 0.15) is 12.5 Å². The van der Waals surface area contributed by atoms with Gasteiger partial charge in [0.05, 0.1) is 12.2 Å². The Morgan fingerprint density at radius 3 is 2.61 bits per heavy atom. The zero-order valence-electron chi connectivity index (χ0n) is 10.5. The van der Waals surface area contributed by atoms with Crippen molar-refractivity contribution in [2.75, 3.05) is 25.0 Å². The molecular weight excluding hydrogens is 240 g/mol. The van der Waals surface area contributed by atoms with Crippen LogP contribution in [0.5, 0.6) is 0 Å². The van der Waals surface area contributed by atoms with Crippen molar-refractivity contribution < 1.29 is 13.6 Å². The molecule has 0 aliphatic carbocycles. The van der Waals surface area contributed by atoms with Gasteiger partial charge in [0.15, 0.2) is 11.6 Å². The van der Waals surface area contributed by atoms with Gasteiger partial charge in [0.2, 0.25) is 5.91 Å². The van der Waals surface area contributed by atoms with Gasteiger partial charge in [-0.25, -0.2) is 8.78 Å². The van der Waals surface area contributed by atoms with Gasteiger partial charge in [-0.2, -0.15) is 0 Å². The minimum Gasteiger partial charge on any atom is -0.363 e. The molecule has 0 aliphatic heterocycles. The molecule has 0 heterocycles. The number of carbonyl (C=O) groups is 1. The lowest BCUT2D eigenvalue weighted by molar-refractivity contribution is -0.119. The molecular formula is C12H17F2N3O. The van der Waals surface area contributed by atoms with Crippen LogP contribution in [-0.4, -0.2) is 26.0 Å². The van der Waals surface area contributed by atoms with Crippen LogP contribution in [0.2, 0.25) is 0 Å². The molecule has 0 fully saturated rings. The Hall–Kier alpha value is -1.69. The second-order valence-corrected chi connectivity index (χ2v) is 3.89. The van der Waals surface area contributed by atoms with Crippen LogP contribution in [0, 0.1) is 11.6 Å². The first-order valence-corrected chi connectivity index (χ1v) is 5.66. The molecule has 0 atom stereocenters. The molecule has 0 saturated carbocycles. The molecule has 1 aromatic carbocycles. The van der Waals surface area contributed by atoms with E-state index in [-0.39, 0.29) is 30.2 Å². The van der Waals surface area contributed by atoms with Crippen LogP contribution in [0.4, 0.5) is 14.5 Å². The molecule has 0 saturated heterocycles. The van der Waals surface area contributed by atoms with Crippen molar-refractivity contribution in [3.8, 4) is 0 Å². The highest BCUT2D eigenvalue weighted by molar-refractivity contribution is 5.81. The lowest BCUT2D eigenvalue weighted by Gasteiger charge is -2.20. The lowest BCUT2D eigenvalue weighted by Crippen LogP contribution is -2.35. The molecule has 100 valence electrons. The topological polar surface area (TPSA) is 58.4 Å². The number of carbonyl (C=O) groups excluding carboxylic acids is 1. The Bertz CT molecular complexity index is 438. The second-order valence-electron chi connectivity index (χ2n) is 3.89. The van der Waals surface area contributed by atoms with E-state index in [2.05, 4.69) is 5.32 Å². The van der Waals surface area contributed by atoms with Crippen molar-refractivity contribution in [2.45, 2.75) is 13.5 Å². The van der Waals surface area contributed by atoms with Gasteiger partial charge >= 0.3 is 0 Å². The minimum absolute atomic E-state index is 0.0355. The molecule has 18 heavy (non-hydrogen) atoms. The van der Waals surface area contributed by atoms with E-state index in [4.69, 9.17) is 5.73 Å². The number of anilines is 1. The fourth-order valence-corrected chi connectivity index (χ4v) is 1.59. The van der Waals surface area contributed by atoms with Gasteiger partial charge < -0.3 is 16.0 Å². The zero-order chi connectivity index (χ0) is 13.7. The van der Waals surface area contributed by atoms with Crippen LogP contribution < -0.4 is 16.0 Å². The normalized spacial score (nSPS) is 10.3. The lowest BCUT2D eigenvalue weighted by atomic mass is 10.1. The van der Waals surface area contributed by atoms with E-state index in [0.29, 0.717) is 6.54 Å². The summed E-state index contributed by atoms with van der Waals surface area (Å²) in [6.07, 6.45) is 0. The number of benzene rings is 1. The number of amides is 1. The van der Waals surface area contributed by atoms with Gasteiger partial charge in [-0.05, 0) is 13.0 Å². The third-order valence-corrected chi connectivity index (χ3v) is 2.53. The first kappa shape index (κ1) is 14.4. The van der Waals surface area contributed by atoms with E-state index in [1.54, 1.807) is 6.92 Å². The van der Waals surface area contributed by atoms with E-state index in [1.807, 2.05) is 0 Å². The summed E-state index contributed by atoms with van der Waals surface area (Å²) in [5.74, 6) is -2.19. The largest absolute Gasteiger partial charge is 0.363 e. The quantitative estimate of drug-likeness (QED) is 0.827. The Kier molecular flexibility index (Phi) is 5.03. The minimum atomic E-state index is -0.982. The summed E-state index contributed by atoms with van der Waals surface area (Å²) in [6.45, 7) is 2.18. The monoisotopic (exact) mass is 257 g/mol. The van der Waals surface area contributed by atoms with Gasteiger partial charge in [0.1, 0.15) is 0 Å². The Morgan fingerprint density at radius 2 is 2.06 bits per heavy atom. The summed E-state index contributed by atoms with van der Waals surface area (Å²) < 4.78 is 27.3. The number of rotatable bonds is 5. The van der Waals surface area contributed by atoms with Crippen LogP contribution in [-0.2, 0) is 11.3 Å². The molecule has 6 heteroatoms. The number of likely N-dealkylation sites (N-methyl/N-ethyl adjacent to an activating group) is 2. The van der Waals surface area contributed by atoms with Crippen LogP contribution in [0.25, 0.3) is 0 Å². The summed E-state index contributed by atoms with van der Waals surface area (Å²) in [7, 11) is 1.52. The van der Waals surface area contributed by atoms with Crippen molar-refractivity contribution >= 4 is 11.6 Å². The van der Waals surface area contributed by atoms with Crippen LogP contribution in [0.15, 0.2) is 12.1 Å². The van der Waals surface area contributed by atoms with E-state index in [0.717, 1.165) is 0 Å².